The van der Waals surface area contributed by atoms with E-state index < -0.39 is 0 Å². The first-order chi connectivity index (χ1) is 7.31. The van der Waals surface area contributed by atoms with Crippen LogP contribution in [0, 0.1) is 6.92 Å². The van der Waals surface area contributed by atoms with E-state index in [2.05, 4.69) is 23.0 Å². The number of fused-ring (bicyclic) bond motifs is 1. The van der Waals surface area contributed by atoms with Crippen LogP contribution < -0.4 is 0 Å². The van der Waals surface area contributed by atoms with Crippen LogP contribution in [-0.2, 0) is 0 Å². The predicted molar refractivity (Wildman–Crippen MR) is 65.3 cm³/mol. The number of thioether (sulfide) groups is 1. The topological polar surface area (TPSA) is 25.8 Å². The summed E-state index contributed by atoms with van der Waals surface area (Å²) in [6.45, 7) is 4.13. The minimum atomic E-state index is 0.854. The van der Waals surface area contributed by atoms with Crippen molar-refractivity contribution in [1.82, 2.24) is 9.97 Å². The summed E-state index contributed by atoms with van der Waals surface area (Å²) < 4.78 is 0. The molecule has 0 aliphatic heterocycles. The third-order valence-electron chi connectivity index (χ3n) is 2.12. The molecule has 15 heavy (non-hydrogen) atoms. The van der Waals surface area contributed by atoms with Gasteiger partial charge in [0.05, 0.1) is 5.52 Å². The van der Waals surface area contributed by atoms with Gasteiger partial charge in [0.25, 0.3) is 0 Å². The molecule has 0 N–H and O–H groups in total. The monoisotopic (exact) mass is 218 g/mol. The molecule has 0 aliphatic carbocycles. The van der Waals surface area contributed by atoms with Crippen molar-refractivity contribution in [3.05, 3.63) is 30.1 Å². The van der Waals surface area contributed by atoms with Gasteiger partial charge in [0.15, 0.2) is 0 Å². The Balaban J connectivity index is 2.50. The third kappa shape index (κ3) is 2.29. The maximum atomic E-state index is 4.49. The van der Waals surface area contributed by atoms with Crippen molar-refractivity contribution in [2.45, 2.75) is 25.3 Å². The van der Waals surface area contributed by atoms with E-state index in [1.54, 1.807) is 0 Å². The average Bonchev–Trinajstić information content (AvgIpc) is 2.25. The maximum Gasteiger partial charge on any atom is 0.127 e. The van der Waals surface area contributed by atoms with Crippen LogP contribution in [0.5, 0.6) is 0 Å². The van der Waals surface area contributed by atoms with Gasteiger partial charge in [0.2, 0.25) is 0 Å². The summed E-state index contributed by atoms with van der Waals surface area (Å²) in [5, 5.41) is 2.28. The standard InChI is InChI=1S/C12H14N2S/c1-3-8-15-12-10-6-4-5-7-11(10)13-9(2)14-12/h4-7H,3,8H2,1-2H3. The summed E-state index contributed by atoms with van der Waals surface area (Å²) in [5.74, 6) is 1.97. The lowest BCUT2D eigenvalue weighted by molar-refractivity contribution is 1.00. The largest absolute Gasteiger partial charge is 0.233 e. The fourth-order valence-corrected chi connectivity index (χ4v) is 2.39. The van der Waals surface area contributed by atoms with Gasteiger partial charge in [-0.25, -0.2) is 9.97 Å². The first-order valence-electron chi connectivity index (χ1n) is 5.17. The SMILES string of the molecule is CCCSc1nc(C)nc2ccccc12. The van der Waals surface area contributed by atoms with Crippen molar-refractivity contribution in [1.29, 1.82) is 0 Å². The van der Waals surface area contributed by atoms with Crippen LogP contribution in [0.2, 0.25) is 0 Å². The number of rotatable bonds is 3. The molecule has 2 nitrogen and oxygen atoms in total. The maximum absolute atomic E-state index is 4.49. The van der Waals surface area contributed by atoms with Crippen LogP contribution in [0.25, 0.3) is 10.9 Å². The number of benzene rings is 1. The first-order valence-corrected chi connectivity index (χ1v) is 6.16. The van der Waals surface area contributed by atoms with Crippen LogP contribution in [0.15, 0.2) is 29.3 Å². The number of hydrogen-bond donors (Lipinski definition) is 0. The molecule has 1 aromatic carbocycles. The molecule has 0 fully saturated rings. The minimum absolute atomic E-state index is 0.854. The van der Waals surface area contributed by atoms with Crippen LogP contribution >= 0.6 is 11.8 Å². The second kappa shape index (κ2) is 4.62. The van der Waals surface area contributed by atoms with Crippen molar-refractivity contribution in [3.63, 3.8) is 0 Å². The fourth-order valence-electron chi connectivity index (χ4n) is 1.47. The highest BCUT2D eigenvalue weighted by Crippen LogP contribution is 2.25. The molecule has 0 saturated carbocycles. The van der Waals surface area contributed by atoms with Crippen molar-refractivity contribution < 1.29 is 0 Å². The molecule has 1 aromatic heterocycles. The van der Waals surface area contributed by atoms with Gasteiger partial charge >= 0.3 is 0 Å². The summed E-state index contributed by atoms with van der Waals surface area (Å²) >= 11 is 1.81. The van der Waals surface area contributed by atoms with Crippen molar-refractivity contribution in [2.24, 2.45) is 0 Å². The fraction of sp³-hybridized carbons (Fsp3) is 0.333. The molecular formula is C12H14N2S. The Morgan fingerprint density at radius 1 is 1.20 bits per heavy atom. The number of para-hydroxylation sites is 1. The van der Waals surface area contributed by atoms with Gasteiger partial charge in [-0.1, -0.05) is 25.1 Å². The Hall–Kier alpha value is -1.09. The molecule has 0 unspecified atom stereocenters. The molecule has 2 rings (SSSR count). The van der Waals surface area contributed by atoms with Crippen LogP contribution in [0.1, 0.15) is 19.2 Å². The Morgan fingerprint density at radius 2 is 2.00 bits per heavy atom. The van der Waals surface area contributed by atoms with Gasteiger partial charge in [0, 0.05) is 5.39 Å². The molecule has 78 valence electrons. The molecule has 0 atom stereocenters. The van der Waals surface area contributed by atoms with Crippen molar-refractivity contribution in [2.75, 3.05) is 5.75 Å². The second-order valence-corrected chi connectivity index (χ2v) is 4.53. The molecule has 0 spiro atoms. The van der Waals surface area contributed by atoms with Gasteiger partial charge in [-0.15, -0.1) is 11.8 Å². The summed E-state index contributed by atoms with van der Waals surface area (Å²) in [6, 6.07) is 8.19. The predicted octanol–water partition coefficient (Wildman–Crippen LogP) is 3.44. The molecule has 0 amide bonds. The number of hydrogen-bond acceptors (Lipinski definition) is 3. The summed E-state index contributed by atoms with van der Waals surface area (Å²) in [7, 11) is 0. The summed E-state index contributed by atoms with van der Waals surface area (Å²) in [5.41, 5.74) is 1.05. The zero-order valence-corrected chi connectivity index (χ0v) is 9.84. The van der Waals surface area contributed by atoms with Crippen molar-refractivity contribution in [3.8, 4) is 0 Å². The Morgan fingerprint density at radius 3 is 2.80 bits per heavy atom. The number of nitrogens with zero attached hydrogens (tertiary/aromatic N) is 2. The molecular weight excluding hydrogens is 204 g/mol. The van der Waals surface area contributed by atoms with E-state index in [-0.39, 0.29) is 0 Å². The van der Waals surface area contributed by atoms with E-state index in [4.69, 9.17) is 0 Å². The Labute approximate surface area is 94.1 Å². The molecule has 2 aromatic rings. The lowest BCUT2D eigenvalue weighted by Gasteiger charge is -2.05. The smallest absolute Gasteiger partial charge is 0.127 e. The van der Waals surface area contributed by atoms with Crippen LogP contribution in [0.3, 0.4) is 0 Å². The van der Waals surface area contributed by atoms with Gasteiger partial charge < -0.3 is 0 Å². The van der Waals surface area contributed by atoms with Gasteiger partial charge in [-0.3, -0.25) is 0 Å². The van der Waals surface area contributed by atoms with E-state index in [1.165, 1.54) is 11.8 Å². The van der Waals surface area contributed by atoms with Crippen LogP contribution in [0.4, 0.5) is 0 Å². The first kappa shape index (κ1) is 10.4. The average molecular weight is 218 g/mol. The summed E-state index contributed by atoms with van der Waals surface area (Å²) in [6.07, 6.45) is 1.17. The quantitative estimate of drug-likeness (QED) is 0.583. The molecule has 0 saturated heterocycles. The molecule has 0 radical (unpaired) electrons. The van der Waals surface area contributed by atoms with E-state index >= 15 is 0 Å². The number of aryl methyl sites for hydroxylation is 1. The normalized spacial score (nSPS) is 10.8. The third-order valence-corrected chi connectivity index (χ3v) is 3.32. The van der Waals surface area contributed by atoms with Gasteiger partial charge in [-0.2, -0.15) is 0 Å². The highest BCUT2D eigenvalue weighted by molar-refractivity contribution is 7.99. The lowest BCUT2D eigenvalue weighted by atomic mass is 10.2. The van der Waals surface area contributed by atoms with Crippen LogP contribution in [-0.4, -0.2) is 15.7 Å². The van der Waals surface area contributed by atoms with Crippen molar-refractivity contribution >= 4 is 22.7 Å². The Kier molecular flexibility index (Phi) is 3.21. The van der Waals surface area contributed by atoms with Gasteiger partial charge in [0.1, 0.15) is 10.9 Å². The van der Waals surface area contributed by atoms with E-state index in [0.29, 0.717) is 0 Å². The number of aromatic nitrogens is 2. The molecule has 1 heterocycles. The van der Waals surface area contributed by atoms with Gasteiger partial charge in [-0.05, 0) is 25.2 Å². The highest BCUT2D eigenvalue weighted by Gasteiger charge is 2.04. The second-order valence-electron chi connectivity index (χ2n) is 3.44. The molecule has 0 bridgehead atoms. The lowest BCUT2D eigenvalue weighted by Crippen LogP contribution is -1.92. The zero-order valence-electron chi connectivity index (χ0n) is 9.03. The molecule has 0 aliphatic rings. The molecule has 3 heteroatoms. The summed E-state index contributed by atoms with van der Waals surface area (Å²) in [4.78, 5) is 8.91. The zero-order chi connectivity index (χ0) is 10.7. The van der Waals surface area contributed by atoms with E-state index in [1.807, 2.05) is 36.9 Å². The van der Waals surface area contributed by atoms with E-state index in [0.717, 1.165) is 22.1 Å². The van der Waals surface area contributed by atoms with E-state index in [9.17, 15) is 0 Å². The Bertz CT molecular complexity index is 468. The highest BCUT2D eigenvalue weighted by atomic mass is 32.2. The minimum Gasteiger partial charge on any atom is -0.233 e.